The number of benzene rings is 1. The van der Waals surface area contributed by atoms with Gasteiger partial charge in [-0.3, -0.25) is 10.1 Å². The molecule has 0 fully saturated rings. The molecule has 1 atom stereocenters. The van der Waals surface area contributed by atoms with E-state index >= 15 is 0 Å². The molecule has 0 saturated carbocycles. The minimum absolute atomic E-state index is 0.0186. The fraction of sp³-hybridized carbons (Fsp3) is 0.333. The molecule has 0 radical (unpaired) electrons. The predicted octanol–water partition coefficient (Wildman–Crippen LogP) is 3.69. The SMILES string of the molecule is COc1cc([N+](=O)[O-])ccc1NC1CCCc2occc21. The molecule has 3 rings (SSSR count). The molecule has 2 aromatic rings. The number of nitro groups is 1. The Labute approximate surface area is 121 Å². The van der Waals surface area contributed by atoms with E-state index in [-0.39, 0.29) is 11.7 Å². The number of nitrogens with zero attached hydrogens (tertiary/aromatic N) is 1. The quantitative estimate of drug-likeness (QED) is 0.685. The van der Waals surface area contributed by atoms with Crippen LogP contribution in [0.2, 0.25) is 0 Å². The van der Waals surface area contributed by atoms with Crippen molar-refractivity contribution in [2.75, 3.05) is 12.4 Å². The maximum absolute atomic E-state index is 10.8. The maximum Gasteiger partial charge on any atom is 0.273 e. The van der Waals surface area contributed by atoms with Crippen molar-refractivity contribution in [1.29, 1.82) is 0 Å². The van der Waals surface area contributed by atoms with Crippen molar-refractivity contribution in [2.45, 2.75) is 25.3 Å². The van der Waals surface area contributed by atoms with Gasteiger partial charge < -0.3 is 14.5 Å². The number of ether oxygens (including phenoxy) is 1. The van der Waals surface area contributed by atoms with Gasteiger partial charge in [0.05, 0.1) is 36.1 Å². The van der Waals surface area contributed by atoms with Crippen LogP contribution in [0.25, 0.3) is 0 Å². The summed E-state index contributed by atoms with van der Waals surface area (Å²) in [6, 6.07) is 6.71. The Balaban J connectivity index is 1.87. The highest BCUT2D eigenvalue weighted by atomic mass is 16.6. The van der Waals surface area contributed by atoms with E-state index in [0.717, 1.165) is 36.3 Å². The summed E-state index contributed by atoms with van der Waals surface area (Å²) in [6.07, 6.45) is 4.70. The first-order valence-corrected chi connectivity index (χ1v) is 6.84. The molecule has 21 heavy (non-hydrogen) atoms. The van der Waals surface area contributed by atoms with Crippen LogP contribution in [0.1, 0.15) is 30.2 Å². The summed E-state index contributed by atoms with van der Waals surface area (Å²) in [5.74, 6) is 1.49. The van der Waals surface area contributed by atoms with Gasteiger partial charge in [0.2, 0.25) is 0 Å². The molecular weight excluding hydrogens is 272 g/mol. The summed E-state index contributed by atoms with van der Waals surface area (Å²) in [7, 11) is 1.51. The predicted molar refractivity (Wildman–Crippen MR) is 77.7 cm³/mol. The van der Waals surface area contributed by atoms with Crippen LogP contribution in [-0.2, 0) is 6.42 Å². The van der Waals surface area contributed by atoms with Crippen molar-refractivity contribution in [3.05, 3.63) is 52.0 Å². The van der Waals surface area contributed by atoms with E-state index in [4.69, 9.17) is 9.15 Å². The van der Waals surface area contributed by atoms with Gasteiger partial charge >= 0.3 is 0 Å². The smallest absolute Gasteiger partial charge is 0.273 e. The van der Waals surface area contributed by atoms with Crippen molar-refractivity contribution >= 4 is 11.4 Å². The van der Waals surface area contributed by atoms with E-state index in [1.807, 2.05) is 6.07 Å². The third-order valence-electron chi connectivity index (χ3n) is 3.78. The van der Waals surface area contributed by atoms with E-state index in [0.29, 0.717) is 5.75 Å². The molecule has 1 aliphatic rings. The normalized spacial score (nSPS) is 17.1. The second-order valence-electron chi connectivity index (χ2n) is 5.03. The zero-order valence-corrected chi connectivity index (χ0v) is 11.7. The lowest BCUT2D eigenvalue weighted by molar-refractivity contribution is -0.384. The van der Waals surface area contributed by atoms with Crippen molar-refractivity contribution in [3.8, 4) is 5.75 Å². The van der Waals surface area contributed by atoms with Crippen LogP contribution >= 0.6 is 0 Å². The van der Waals surface area contributed by atoms with Gasteiger partial charge in [-0.05, 0) is 25.0 Å². The molecule has 6 heteroatoms. The number of non-ortho nitro benzene ring substituents is 1. The third kappa shape index (κ3) is 2.56. The topological polar surface area (TPSA) is 77.5 Å². The van der Waals surface area contributed by atoms with E-state index in [9.17, 15) is 10.1 Å². The van der Waals surface area contributed by atoms with Gasteiger partial charge in [0, 0.05) is 18.1 Å². The molecule has 1 N–H and O–H groups in total. The molecule has 1 heterocycles. The second kappa shape index (κ2) is 5.47. The highest BCUT2D eigenvalue weighted by Gasteiger charge is 2.23. The summed E-state index contributed by atoms with van der Waals surface area (Å²) in [5.41, 5.74) is 1.92. The number of fused-ring (bicyclic) bond motifs is 1. The first-order valence-electron chi connectivity index (χ1n) is 6.84. The lowest BCUT2D eigenvalue weighted by Gasteiger charge is -2.24. The fourth-order valence-electron chi connectivity index (χ4n) is 2.74. The number of hydrogen-bond donors (Lipinski definition) is 1. The molecule has 1 unspecified atom stereocenters. The zero-order chi connectivity index (χ0) is 14.8. The molecule has 0 amide bonds. The molecule has 110 valence electrons. The molecule has 0 aliphatic heterocycles. The number of rotatable bonds is 4. The summed E-state index contributed by atoms with van der Waals surface area (Å²) >= 11 is 0. The van der Waals surface area contributed by atoms with Gasteiger partial charge in [-0.1, -0.05) is 0 Å². The average Bonchev–Trinajstić information content (AvgIpc) is 2.97. The first-order chi connectivity index (χ1) is 10.2. The van der Waals surface area contributed by atoms with Crippen LogP contribution < -0.4 is 10.1 Å². The summed E-state index contributed by atoms with van der Waals surface area (Å²) in [5, 5.41) is 14.2. The van der Waals surface area contributed by atoms with Crippen molar-refractivity contribution in [2.24, 2.45) is 0 Å². The van der Waals surface area contributed by atoms with Gasteiger partial charge in [-0.25, -0.2) is 0 Å². The Bertz CT molecular complexity index is 665. The van der Waals surface area contributed by atoms with E-state index in [1.165, 1.54) is 19.2 Å². The Morgan fingerprint density at radius 1 is 1.43 bits per heavy atom. The number of methoxy groups -OCH3 is 1. The molecule has 6 nitrogen and oxygen atoms in total. The fourth-order valence-corrected chi connectivity index (χ4v) is 2.74. The molecule has 0 spiro atoms. The van der Waals surface area contributed by atoms with E-state index < -0.39 is 4.92 Å². The van der Waals surface area contributed by atoms with Gasteiger partial charge in [0.25, 0.3) is 5.69 Å². The first kappa shape index (κ1) is 13.5. The van der Waals surface area contributed by atoms with Crippen molar-refractivity contribution in [3.63, 3.8) is 0 Å². The lowest BCUT2D eigenvalue weighted by atomic mass is 9.93. The van der Waals surface area contributed by atoms with Crippen LogP contribution in [0.3, 0.4) is 0 Å². The second-order valence-corrected chi connectivity index (χ2v) is 5.03. The van der Waals surface area contributed by atoms with Crippen LogP contribution in [0.15, 0.2) is 34.9 Å². The van der Waals surface area contributed by atoms with Crippen LogP contribution in [0.4, 0.5) is 11.4 Å². The summed E-state index contributed by atoms with van der Waals surface area (Å²) in [6.45, 7) is 0. The highest BCUT2D eigenvalue weighted by molar-refractivity contribution is 5.61. The lowest BCUT2D eigenvalue weighted by Crippen LogP contribution is -2.16. The molecule has 1 aliphatic carbocycles. The van der Waals surface area contributed by atoms with Gasteiger partial charge in [0.15, 0.2) is 0 Å². The van der Waals surface area contributed by atoms with Crippen LogP contribution in [0.5, 0.6) is 5.75 Å². The van der Waals surface area contributed by atoms with Gasteiger partial charge in [0.1, 0.15) is 11.5 Å². The Hall–Kier alpha value is -2.50. The number of anilines is 1. The molecule has 1 aromatic heterocycles. The van der Waals surface area contributed by atoms with Crippen LogP contribution in [-0.4, -0.2) is 12.0 Å². The minimum Gasteiger partial charge on any atom is -0.494 e. The highest BCUT2D eigenvalue weighted by Crippen LogP contribution is 2.37. The summed E-state index contributed by atoms with van der Waals surface area (Å²) < 4.78 is 10.7. The molecule has 0 saturated heterocycles. The minimum atomic E-state index is -0.429. The van der Waals surface area contributed by atoms with E-state index in [2.05, 4.69) is 5.32 Å². The monoisotopic (exact) mass is 288 g/mol. The Kier molecular flexibility index (Phi) is 3.51. The average molecular weight is 288 g/mol. The molecule has 0 bridgehead atoms. The van der Waals surface area contributed by atoms with Gasteiger partial charge in [-0.15, -0.1) is 0 Å². The van der Waals surface area contributed by atoms with E-state index in [1.54, 1.807) is 12.3 Å². The standard InChI is InChI=1S/C15H16N2O4/c1-20-15-9-10(17(18)19)5-6-13(15)16-12-3-2-4-14-11(12)7-8-21-14/h5-9,12,16H,2-4H2,1H3. The number of nitro benzene ring substituents is 1. The van der Waals surface area contributed by atoms with Crippen LogP contribution in [0, 0.1) is 10.1 Å². The third-order valence-corrected chi connectivity index (χ3v) is 3.78. The Morgan fingerprint density at radius 2 is 2.29 bits per heavy atom. The molecule has 1 aromatic carbocycles. The summed E-state index contributed by atoms with van der Waals surface area (Å²) in [4.78, 5) is 10.4. The number of furan rings is 1. The van der Waals surface area contributed by atoms with Gasteiger partial charge in [-0.2, -0.15) is 0 Å². The number of hydrogen-bond acceptors (Lipinski definition) is 5. The number of nitrogens with one attached hydrogen (secondary N) is 1. The Morgan fingerprint density at radius 3 is 3.05 bits per heavy atom. The number of aryl methyl sites for hydroxylation is 1. The largest absolute Gasteiger partial charge is 0.494 e. The maximum atomic E-state index is 10.8. The molecular formula is C15H16N2O4. The van der Waals surface area contributed by atoms with Crippen molar-refractivity contribution < 1.29 is 14.1 Å². The zero-order valence-electron chi connectivity index (χ0n) is 11.7. The van der Waals surface area contributed by atoms with Crippen molar-refractivity contribution in [1.82, 2.24) is 0 Å².